The average Bonchev–Trinajstić information content (AvgIpc) is 2.97. The molecule has 2 aromatic carbocycles. The van der Waals surface area contributed by atoms with Gasteiger partial charge in [-0.1, -0.05) is 29.8 Å². The van der Waals surface area contributed by atoms with Gasteiger partial charge in [-0.15, -0.1) is 0 Å². The van der Waals surface area contributed by atoms with Gasteiger partial charge in [-0.25, -0.2) is 0 Å². The Labute approximate surface area is 174 Å². The Balaban J connectivity index is 1.69. The predicted octanol–water partition coefficient (Wildman–Crippen LogP) is 3.27. The van der Waals surface area contributed by atoms with Crippen LogP contribution in [0, 0.1) is 6.92 Å². The molecule has 0 unspecified atom stereocenters. The van der Waals surface area contributed by atoms with Gasteiger partial charge in [0.2, 0.25) is 0 Å². The third kappa shape index (κ3) is 2.83. The number of likely N-dealkylation sites (tertiary alicyclic amines) is 1. The third-order valence-corrected chi connectivity index (χ3v) is 6.12. The van der Waals surface area contributed by atoms with Crippen LogP contribution in [-0.4, -0.2) is 51.8 Å². The maximum atomic E-state index is 13.3. The van der Waals surface area contributed by atoms with Crippen LogP contribution < -0.4 is 0 Å². The summed E-state index contributed by atoms with van der Waals surface area (Å²) in [6.45, 7) is 3.80. The Kier molecular flexibility index (Phi) is 4.24. The summed E-state index contributed by atoms with van der Waals surface area (Å²) in [7, 11) is 1.68. The van der Waals surface area contributed by atoms with Crippen molar-refractivity contribution in [1.82, 2.24) is 14.8 Å². The van der Waals surface area contributed by atoms with Crippen LogP contribution in [0.1, 0.15) is 49.4 Å². The fraction of sp³-hybridized carbons (Fsp3) is 0.292. The number of hydrogen-bond acceptors (Lipinski definition) is 4. The van der Waals surface area contributed by atoms with Crippen molar-refractivity contribution < 1.29 is 14.7 Å². The molecule has 1 fully saturated rings. The Hall–Kier alpha value is -3.41. The molecule has 30 heavy (non-hydrogen) atoms. The first-order valence-electron chi connectivity index (χ1n) is 10.2. The van der Waals surface area contributed by atoms with Crippen molar-refractivity contribution in [3.63, 3.8) is 0 Å². The smallest absolute Gasteiger partial charge is 0.258 e. The number of phenolic OH excluding ortho intramolecular Hbond substituents is 1. The van der Waals surface area contributed by atoms with E-state index in [1.54, 1.807) is 18.1 Å². The summed E-state index contributed by atoms with van der Waals surface area (Å²) in [4.78, 5) is 33.8. The second kappa shape index (κ2) is 6.83. The first-order valence-corrected chi connectivity index (χ1v) is 10.2. The van der Waals surface area contributed by atoms with Gasteiger partial charge in [0.1, 0.15) is 5.52 Å². The highest BCUT2D eigenvalue weighted by atomic mass is 16.3. The van der Waals surface area contributed by atoms with Crippen LogP contribution in [0.2, 0.25) is 0 Å². The van der Waals surface area contributed by atoms with Gasteiger partial charge >= 0.3 is 0 Å². The SMILES string of the molecule is Cc1ccc(Cc2cnc3c(O)c4c(c(C(=O)N5CCC5)c3c2)CN(C)C4=O)cc1. The zero-order chi connectivity index (χ0) is 21.0. The molecule has 2 amide bonds. The number of carbonyl (C=O) groups excluding carboxylic acids is 2. The van der Waals surface area contributed by atoms with E-state index >= 15 is 0 Å². The Morgan fingerprint density at radius 1 is 1.17 bits per heavy atom. The highest BCUT2D eigenvalue weighted by molar-refractivity contribution is 6.16. The number of amides is 2. The van der Waals surface area contributed by atoms with Crippen LogP contribution in [-0.2, 0) is 13.0 Å². The van der Waals surface area contributed by atoms with E-state index < -0.39 is 0 Å². The molecule has 0 spiro atoms. The molecule has 0 bridgehead atoms. The van der Waals surface area contributed by atoms with E-state index in [-0.39, 0.29) is 23.1 Å². The van der Waals surface area contributed by atoms with Gasteiger partial charge < -0.3 is 14.9 Å². The number of aryl methyl sites for hydroxylation is 1. The number of nitrogens with zero attached hydrogens (tertiary/aromatic N) is 3. The van der Waals surface area contributed by atoms with Crippen LogP contribution in [0.15, 0.2) is 36.5 Å². The van der Waals surface area contributed by atoms with Crippen molar-refractivity contribution in [1.29, 1.82) is 0 Å². The molecular weight excluding hydrogens is 378 g/mol. The van der Waals surface area contributed by atoms with Crippen LogP contribution in [0.25, 0.3) is 10.9 Å². The van der Waals surface area contributed by atoms with Gasteiger partial charge in [-0.2, -0.15) is 0 Å². The molecule has 1 aromatic heterocycles. The standard InChI is InChI=1S/C24H23N3O3/c1-14-4-6-15(7-5-14)10-16-11-17-19(24(30)27-8-3-9-27)18-13-26(2)23(29)20(18)22(28)21(17)25-12-16/h4-7,11-12,28H,3,8-10,13H2,1-2H3. The second-order valence-corrected chi connectivity index (χ2v) is 8.29. The predicted molar refractivity (Wildman–Crippen MR) is 114 cm³/mol. The number of carbonyl (C=O) groups is 2. The minimum atomic E-state index is -0.271. The Morgan fingerprint density at radius 3 is 2.57 bits per heavy atom. The molecular formula is C24H23N3O3. The van der Waals surface area contributed by atoms with Crippen LogP contribution in [0.3, 0.4) is 0 Å². The summed E-state index contributed by atoms with van der Waals surface area (Å²) >= 11 is 0. The summed E-state index contributed by atoms with van der Waals surface area (Å²) < 4.78 is 0. The normalized spacial score (nSPS) is 15.5. The molecule has 152 valence electrons. The lowest BCUT2D eigenvalue weighted by atomic mass is 9.93. The van der Waals surface area contributed by atoms with Crippen molar-refractivity contribution in [2.75, 3.05) is 20.1 Å². The van der Waals surface area contributed by atoms with Crippen LogP contribution in [0.4, 0.5) is 0 Å². The molecule has 0 aliphatic carbocycles. The van der Waals surface area contributed by atoms with Crippen LogP contribution >= 0.6 is 0 Å². The van der Waals surface area contributed by atoms with Gasteiger partial charge in [0.05, 0.1) is 11.1 Å². The summed E-state index contributed by atoms with van der Waals surface area (Å²) in [6.07, 6.45) is 3.38. The van der Waals surface area contributed by atoms with E-state index in [0.29, 0.717) is 35.0 Å². The molecule has 6 nitrogen and oxygen atoms in total. The van der Waals surface area contributed by atoms with Crippen LogP contribution in [0.5, 0.6) is 5.75 Å². The lowest BCUT2D eigenvalue weighted by molar-refractivity contribution is 0.0651. The summed E-state index contributed by atoms with van der Waals surface area (Å²) in [5.41, 5.74) is 4.96. The molecule has 3 aromatic rings. The average molecular weight is 401 g/mol. The summed E-state index contributed by atoms with van der Waals surface area (Å²) in [5, 5.41) is 11.5. The lowest BCUT2D eigenvalue weighted by Crippen LogP contribution is -2.42. The van der Waals surface area contributed by atoms with Crippen molar-refractivity contribution in [2.45, 2.75) is 26.3 Å². The van der Waals surface area contributed by atoms with E-state index in [9.17, 15) is 14.7 Å². The quantitative estimate of drug-likeness (QED) is 0.731. The zero-order valence-corrected chi connectivity index (χ0v) is 17.1. The van der Waals surface area contributed by atoms with Crippen molar-refractivity contribution >= 4 is 22.7 Å². The molecule has 0 atom stereocenters. The number of rotatable bonds is 3. The lowest BCUT2D eigenvalue weighted by Gasteiger charge is -2.32. The van der Waals surface area contributed by atoms with Crippen molar-refractivity contribution in [3.8, 4) is 5.75 Å². The third-order valence-electron chi connectivity index (χ3n) is 6.12. The minimum absolute atomic E-state index is 0.0834. The molecule has 5 rings (SSSR count). The fourth-order valence-corrected chi connectivity index (χ4v) is 4.28. The molecule has 3 heterocycles. The van der Waals surface area contributed by atoms with E-state index in [0.717, 1.165) is 30.6 Å². The number of pyridine rings is 1. The van der Waals surface area contributed by atoms with Gasteiger partial charge in [-0.05, 0) is 37.0 Å². The van der Waals surface area contributed by atoms with E-state index in [2.05, 4.69) is 36.2 Å². The maximum absolute atomic E-state index is 13.3. The number of aromatic hydroxyl groups is 1. The van der Waals surface area contributed by atoms with Gasteiger partial charge in [0.15, 0.2) is 5.75 Å². The van der Waals surface area contributed by atoms with Crippen molar-refractivity contribution in [2.24, 2.45) is 0 Å². The monoisotopic (exact) mass is 401 g/mol. The number of fused-ring (bicyclic) bond motifs is 2. The molecule has 1 N–H and O–H groups in total. The highest BCUT2D eigenvalue weighted by Crippen LogP contribution is 2.40. The number of phenols is 1. The minimum Gasteiger partial charge on any atom is -0.505 e. The fourth-order valence-electron chi connectivity index (χ4n) is 4.28. The summed E-state index contributed by atoms with van der Waals surface area (Å²) in [5.74, 6) is -0.483. The number of aromatic nitrogens is 1. The van der Waals surface area contributed by atoms with Gasteiger partial charge in [0, 0.05) is 43.8 Å². The van der Waals surface area contributed by atoms with E-state index in [4.69, 9.17) is 0 Å². The molecule has 0 radical (unpaired) electrons. The van der Waals surface area contributed by atoms with E-state index in [1.807, 2.05) is 6.07 Å². The topological polar surface area (TPSA) is 73.7 Å². The van der Waals surface area contributed by atoms with Gasteiger partial charge in [0.25, 0.3) is 11.8 Å². The molecule has 1 saturated heterocycles. The molecule has 6 heteroatoms. The zero-order valence-electron chi connectivity index (χ0n) is 17.1. The molecule has 2 aliphatic rings. The molecule has 0 saturated carbocycles. The number of benzene rings is 2. The first kappa shape index (κ1) is 18.6. The van der Waals surface area contributed by atoms with E-state index in [1.165, 1.54) is 10.5 Å². The Morgan fingerprint density at radius 2 is 1.90 bits per heavy atom. The van der Waals surface area contributed by atoms with Gasteiger partial charge in [-0.3, -0.25) is 14.6 Å². The molecule has 2 aliphatic heterocycles. The number of hydrogen-bond donors (Lipinski definition) is 1. The highest BCUT2D eigenvalue weighted by Gasteiger charge is 2.37. The summed E-state index contributed by atoms with van der Waals surface area (Å²) in [6, 6.07) is 10.3. The van der Waals surface area contributed by atoms with Crippen molar-refractivity contribution in [3.05, 3.63) is 69.9 Å². The Bertz CT molecular complexity index is 1200. The second-order valence-electron chi connectivity index (χ2n) is 8.29. The maximum Gasteiger partial charge on any atom is 0.258 e. The first-order chi connectivity index (χ1) is 14.4. The largest absolute Gasteiger partial charge is 0.505 e.